The Labute approximate surface area is 89.7 Å². The summed E-state index contributed by atoms with van der Waals surface area (Å²) in [4.78, 5) is 10.8. The molecule has 1 aromatic rings. The summed E-state index contributed by atoms with van der Waals surface area (Å²) >= 11 is 0. The van der Waals surface area contributed by atoms with Gasteiger partial charge in [-0.25, -0.2) is 0 Å². The van der Waals surface area contributed by atoms with Crippen molar-refractivity contribution in [3.63, 3.8) is 0 Å². The van der Waals surface area contributed by atoms with Crippen LogP contribution in [0.15, 0.2) is 18.2 Å². The summed E-state index contributed by atoms with van der Waals surface area (Å²) in [7, 11) is 0. The van der Waals surface area contributed by atoms with E-state index >= 15 is 0 Å². The van der Waals surface area contributed by atoms with Crippen molar-refractivity contribution in [1.29, 1.82) is 0 Å². The lowest BCUT2D eigenvalue weighted by Crippen LogP contribution is -2.03. The van der Waals surface area contributed by atoms with Crippen molar-refractivity contribution in [2.75, 3.05) is 0 Å². The second-order valence-corrected chi connectivity index (χ2v) is 3.71. The fraction of sp³-hybridized carbons (Fsp3) is 0.333. The molecule has 1 N–H and O–H groups in total. The van der Waals surface area contributed by atoms with Gasteiger partial charge in [0.25, 0.3) is 0 Å². The average Bonchev–Trinajstić information content (AvgIpc) is 2.16. The van der Waals surface area contributed by atoms with Crippen LogP contribution in [0, 0.1) is 6.61 Å². The summed E-state index contributed by atoms with van der Waals surface area (Å²) in [6.07, 6.45) is 0. The zero-order chi connectivity index (χ0) is 11.4. The maximum atomic E-state index is 10.8. The molecule has 81 valence electrons. The molecule has 0 amide bonds. The predicted molar refractivity (Wildman–Crippen MR) is 57.2 cm³/mol. The minimum atomic E-state index is -0.361. The van der Waals surface area contributed by atoms with Gasteiger partial charge in [-0.3, -0.25) is 4.79 Å². The number of benzene rings is 1. The number of esters is 1. The molecular formula is C12H15O3. The Morgan fingerprint density at radius 2 is 2.07 bits per heavy atom. The lowest BCUT2D eigenvalue weighted by molar-refractivity contribution is -0.131. The van der Waals surface area contributed by atoms with Gasteiger partial charge in [-0.1, -0.05) is 19.9 Å². The molecule has 3 heteroatoms. The van der Waals surface area contributed by atoms with E-state index < -0.39 is 0 Å². The van der Waals surface area contributed by atoms with Crippen molar-refractivity contribution in [3.8, 4) is 5.75 Å². The molecule has 1 radical (unpaired) electrons. The highest BCUT2D eigenvalue weighted by Gasteiger charge is 2.06. The van der Waals surface area contributed by atoms with Gasteiger partial charge in [0.15, 0.2) is 0 Å². The Bertz CT molecular complexity index is 356. The fourth-order valence-electron chi connectivity index (χ4n) is 1.28. The topological polar surface area (TPSA) is 46.5 Å². The molecule has 0 spiro atoms. The van der Waals surface area contributed by atoms with Gasteiger partial charge in [0.05, 0.1) is 0 Å². The molecule has 0 aliphatic heterocycles. The summed E-state index contributed by atoms with van der Waals surface area (Å²) in [5.41, 5.74) is 1.66. The van der Waals surface area contributed by atoms with E-state index in [4.69, 9.17) is 9.84 Å². The van der Waals surface area contributed by atoms with Gasteiger partial charge in [0.1, 0.15) is 12.4 Å². The molecule has 15 heavy (non-hydrogen) atoms. The number of aliphatic hydroxyl groups excluding tert-OH is 1. The predicted octanol–water partition coefficient (Wildman–Crippen LogP) is 2.62. The molecule has 0 saturated heterocycles. The molecular weight excluding hydrogens is 192 g/mol. The van der Waals surface area contributed by atoms with Crippen molar-refractivity contribution in [2.45, 2.75) is 26.7 Å². The number of carbonyl (C=O) groups is 1. The summed E-state index contributed by atoms with van der Waals surface area (Å²) in [5.74, 6) is 0.424. The average molecular weight is 207 g/mol. The number of carbonyl (C=O) groups excluding carboxylic acids is 1. The van der Waals surface area contributed by atoms with E-state index in [2.05, 4.69) is 0 Å². The maximum Gasteiger partial charge on any atom is 0.308 e. The standard InChI is InChI=1S/C12H15O3/c1-8(2)11-4-10(7-13)5-12(6-11)15-9(3)14/h4-8,13H,1-3H3. The number of hydrogen-bond acceptors (Lipinski definition) is 3. The molecule has 0 unspecified atom stereocenters. The lowest BCUT2D eigenvalue weighted by atomic mass is 10.0. The number of hydrogen-bond donors (Lipinski definition) is 1. The van der Waals surface area contributed by atoms with Gasteiger partial charge in [-0.05, 0) is 29.2 Å². The van der Waals surface area contributed by atoms with Crippen LogP contribution >= 0.6 is 0 Å². The van der Waals surface area contributed by atoms with Crippen LogP contribution in [-0.2, 0) is 4.79 Å². The van der Waals surface area contributed by atoms with Gasteiger partial charge in [-0.15, -0.1) is 0 Å². The van der Waals surface area contributed by atoms with Crippen LogP contribution < -0.4 is 4.74 Å². The monoisotopic (exact) mass is 207 g/mol. The van der Waals surface area contributed by atoms with Gasteiger partial charge in [0.2, 0.25) is 0 Å². The molecule has 0 aliphatic rings. The van der Waals surface area contributed by atoms with Crippen LogP contribution in [0.1, 0.15) is 37.8 Å². The van der Waals surface area contributed by atoms with Crippen LogP contribution in [0.3, 0.4) is 0 Å². The van der Waals surface area contributed by atoms with Crippen molar-refractivity contribution < 1.29 is 14.6 Å². The second kappa shape index (κ2) is 4.94. The minimum Gasteiger partial charge on any atom is -0.427 e. The van der Waals surface area contributed by atoms with E-state index in [1.807, 2.05) is 19.9 Å². The van der Waals surface area contributed by atoms with Crippen molar-refractivity contribution in [2.24, 2.45) is 0 Å². The van der Waals surface area contributed by atoms with E-state index in [-0.39, 0.29) is 5.97 Å². The third kappa shape index (κ3) is 3.36. The van der Waals surface area contributed by atoms with E-state index in [1.165, 1.54) is 6.92 Å². The Morgan fingerprint density at radius 3 is 2.53 bits per heavy atom. The Balaban J connectivity index is 3.05. The minimum absolute atomic E-state index is 0.319. The van der Waals surface area contributed by atoms with Crippen LogP contribution in [0.4, 0.5) is 0 Å². The van der Waals surface area contributed by atoms with E-state index in [1.54, 1.807) is 12.1 Å². The first-order valence-electron chi connectivity index (χ1n) is 4.83. The number of ether oxygens (including phenoxy) is 1. The van der Waals surface area contributed by atoms with Gasteiger partial charge < -0.3 is 9.84 Å². The summed E-state index contributed by atoms with van der Waals surface area (Å²) < 4.78 is 4.98. The van der Waals surface area contributed by atoms with E-state index in [9.17, 15) is 4.79 Å². The molecule has 0 fully saturated rings. The van der Waals surface area contributed by atoms with Crippen LogP contribution in [0.5, 0.6) is 5.75 Å². The molecule has 1 aromatic carbocycles. The first-order chi connectivity index (χ1) is 7.02. The fourth-order valence-corrected chi connectivity index (χ4v) is 1.28. The molecule has 1 rings (SSSR count). The van der Waals surface area contributed by atoms with Crippen LogP contribution in [0.25, 0.3) is 0 Å². The molecule has 0 aromatic heterocycles. The molecule has 3 nitrogen and oxygen atoms in total. The quantitative estimate of drug-likeness (QED) is 0.612. The molecule has 0 bridgehead atoms. The zero-order valence-electron chi connectivity index (χ0n) is 9.15. The van der Waals surface area contributed by atoms with Crippen molar-refractivity contribution >= 4 is 5.97 Å². The first-order valence-corrected chi connectivity index (χ1v) is 4.83. The summed E-state index contributed by atoms with van der Waals surface area (Å²) in [6, 6.07) is 5.28. The third-order valence-electron chi connectivity index (χ3n) is 2.03. The van der Waals surface area contributed by atoms with E-state index in [0.717, 1.165) is 12.2 Å². The smallest absolute Gasteiger partial charge is 0.308 e. The van der Waals surface area contributed by atoms with Crippen molar-refractivity contribution in [3.05, 3.63) is 35.9 Å². The number of aliphatic hydroxyl groups is 1. The Hall–Kier alpha value is -1.35. The summed E-state index contributed by atoms with van der Waals surface area (Å²) in [6.45, 7) is 6.42. The number of rotatable bonds is 3. The normalized spacial score (nSPS) is 10.5. The molecule has 0 aliphatic carbocycles. The maximum absolute atomic E-state index is 10.8. The lowest BCUT2D eigenvalue weighted by Gasteiger charge is -2.10. The van der Waals surface area contributed by atoms with E-state index in [0.29, 0.717) is 17.2 Å². The zero-order valence-corrected chi connectivity index (χ0v) is 9.15. The molecule has 0 heterocycles. The van der Waals surface area contributed by atoms with Crippen LogP contribution in [0.2, 0.25) is 0 Å². The highest BCUT2D eigenvalue weighted by Crippen LogP contribution is 2.23. The molecule has 0 atom stereocenters. The van der Waals surface area contributed by atoms with Gasteiger partial charge in [0, 0.05) is 6.92 Å². The third-order valence-corrected chi connectivity index (χ3v) is 2.03. The van der Waals surface area contributed by atoms with Gasteiger partial charge in [-0.2, -0.15) is 0 Å². The SMILES string of the molecule is CC(=O)Oc1cc([CH]O)cc(C(C)C)c1. The Kier molecular flexibility index (Phi) is 3.86. The largest absolute Gasteiger partial charge is 0.427 e. The highest BCUT2D eigenvalue weighted by atomic mass is 16.5. The van der Waals surface area contributed by atoms with Gasteiger partial charge >= 0.3 is 5.97 Å². The Morgan fingerprint density at radius 1 is 1.40 bits per heavy atom. The molecule has 0 saturated carbocycles. The van der Waals surface area contributed by atoms with Crippen molar-refractivity contribution in [1.82, 2.24) is 0 Å². The summed E-state index contributed by atoms with van der Waals surface area (Å²) in [5, 5.41) is 8.94. The van der Waals surface area contributed by atoms with Crippen LogP contribution in [-0.4, -0.2) is 11.1 Å². The second-order valence-electron chi connectivity index (χ2n) is 3.71. The first kappa shape index (κ1) is 11.7. The highest BCUT2D eigenvalue weighted by molar-refractivity contribution is 5.69.